The number of para-hydroxylation sites is 1. The molecule has 0 radical (unpaired) electrons. The molecule has 9 rings (SSSR count). The number of carbonyl (C=O) groups excluding carboxylic acids is 2. The maximum Gasteiger partial charge on any atom is 0.329 e. The van der Waals surface area contributed by atoms with E-state index in [-0.39, 0.29) is 23.4 Å². The lowest BCUT2D eigenvalue weighted by molar-refractivity contribution is -0.135. The van der Waals surface area contributed by atoms with Gasteiger partial charge in [-0.05, 0) is 72.4 Å². The number of rotatable bonds is 11. The first-order chi connectivity index (χ1) is 29.9. The predicted octanol–water partition coefficient (Wildman–Crippen LogP) is 5.69. The van der Waals surface area contributed by atoms with Crippen LogP contribution >= 0.6 is 11.6 Å². The zero-order chi connectivity index (χ0) is 43.1. The van der Waals surface area contributed by atoms with Crippen molar-refractivity contribution < 1.29 is 14.3 Å². The number of aromatic nitrogens is 4. The van der Waals surface area contributed by atoms with Crippen LogP contribution in [0.5, 0.6) is 5.75 Å². The van der Waals surface area contributed by atoms with Crippen molar-refractivity contribution in [1.29, 1.82) is 0 Å². The molecule has 62 heavy (non-hydrogen) atoms. The van der Waals surface area contributed by atoms with Crippen LogP contribution in [0.1, 0.15) is 68.0 Å². The Hall–Kier alpha value is -5.59. The summed E-state index contributed by atoms with van der Waals surface area (Å²) in [7, 11) is 1.77. The topological polar surface area (TPSA) is 125 Å². The molecule has 0 bridgehead atoms. The lowest BCUT2D eigenvalue weighted by Gasteiger charge is -2.49. The number of hydrogen-bond acceptors (Lipinski definition) is 10. The van der Waals surface area contributed by atoms with Crippen LogP contribution in [0.3, 0.4) is 0 Å². The molecule has 2 aromatic heterocycles. The van der Waals surface area contributed by atoms with Crippen LogP contribution in [0, 0.1) is 6.57 Å². The molecule has 1 atom stereocenters. The summed E-state index contributed by atoms with van der Waals surface area (Å²) in [6, 6.07) is 21.9. The summed E-state index contributed by atoms with van der Waals surface area (Å²) in [6.45, 7) is 20.7. The number of carbonyl (C=O) groups is 2. The van der Waals surface area contributed by atoms with Gasteiger partial charge in [-0.3, -0.25) is 38.7 Å². The Morgan fingerprint density at radius 2 is 1.63 bits per heavy atom. The molecule has 322 valence electrons. The molecule has 2 amide bonds. The number of imidazole rings is 1. The van der Waals surface area contributed by atoms with Crippen molar-refractivity contribution in [3.05, 3.63) is 122 Å². The lowest BCUT2D eigenvalue weighted by Crippen LogP contribution is -2.62. The van der Waals surface area contributed by atoms with Gasteiger partial charge < -0.3 is 9.64 Å². The summed E-state index contributed by atoms with van der Waals surface area (Å²) in [5.74, 6) is 0.807. The number of benzene rings is 3. The summed E-state index contributed by atoms with van der Waals surface area (Å²) in [6.07, 6.45) is 4.70. The van der Waals surface area contributed by atoms with E-state index < -0.39 is 11.9 Å². The molecule has 6 heterocycles. The molecule has 0 spiro atoms. The predicted molar refractivity (Wildman–Crippen MR) is 239 cm³/mol. The second-order valence-corrected chi connectivity index (χ2v) is 18.1. The van der Waals surface area contributed by atoms with Crippen molar-refractivity contribution in [2.75, 3.05) is 57.3 Å². The number of ether oxygens (including phenoxy) is 1. The van der Waals surface area contributed by atoms with E-state index in [1.54, 1.807) is 22.2 Å². The molecule has 4 aliphatic heterocycles. The van der Waals surface area contributed by atoms with Gasteiger partial charge >= 0.3 is 5.69 Å². The number of imide groups is 1. The molecule has 1 unspecified atom stereocenters. The molecule has 15 heteroatoms. The first-order valence-corrected chi connectivity index (χ1v) is 22.0. The van der Waals surface area contributed by atoms with Gasteiger partial charge in [-0.15, -0.1) is 0 Å². The maximum absolute atomic E-state index is 13.4. The van der Waals surface area contributed by atoms with E-state index in [4.69, 9.17) is 27.9 Å². The zero-order valence-electron chi connectivity index (χ0n) is 35.6. The number of piperidine rings is 2. The monoisotopic (exact) mass is 856 g/mol. The first kappa shape index (κ1) is 41.7. The third kappa shape index (κ3) is 8.34. The number of amides is 2. The fourth-order valence-electron chi connectivity index (χ4n) is 9.83. The third-order valence-corrected chi connectivity index (χ3v) is 13.8. The average molecular weight is 857 g/mol. The van der Waals surface area contributed by atoms with Gasteiger partial charge in [-0.25, -0.2) is 19.6 Å². The fourth-order valence-corrected chi connectivity index (χ4v) is 10.1. The minimum atomic E-state index is -0.683. The Balaban J connectivity index is 0.724. The molecule has 4 saturated heterocycles. The second-order valence-electron chi connectivity index (χ2n) is 17.7. The Morgan fingerprint density at radius 1 is 0.887 bits per heavy atom. The normalized spacial score (nSPS) is 20.0. The minimum absolute atomic E-state index is 0.226. The number of halogens is 1. The highest BCUT2D eigenvalue weighted by Crippen LogP contribution is 2.36. The van der Waals surface area contributed by atoms with Crippen LogP contribution in [0.4, 0.5) is 11.6 Å². The molecule has 0 saturated carbocycles. The van der Waals surface area contributed by atoms with Crippen molar-refractivity contribution in [2.45, 2.75) is 76.2 Å². The van der Waals surface area contributed by atoms with Gasteiger partial charge in [-0.2, -0.15) is 0 Å². The van der Waals surface area contributed by atoms with Gasteiger partial charge in [-0.1, -0.05) is 55.8 Å². The van der Waals surface area contributed by atoms with E-state index >= 15 is 0 Å². The van der Waals surface area contributed by atoms with Gasteiger partial charge in [0.1, 0.15) is 18.4 Å². The van der Waals surface area contributed by atoms with E-state index in [1.807, 2.05) is 48.7 Å². The van der Waals surface area contributed by atoms with E-state index in [9.17, 15) is 14.4 Å². The molecular weight excluding hydrogens is 804 g/mol. The van der Waals surface area contributed by atoms with Crippen molar-refractivity contribution in [2.24, 2.45) is 7.05 Å². The maximum atomic E-state index is 13.4. The summed E-state index contributed by atoms with van der Waals surface area (Å²) < 4.78 is 9.38. The molecule has 1 N–H and O–H groups in total. The fraction of sp³-hybridized carbons (Fsp3) is 0.447. The minimum Gasteiger partial charge on any atom is -0.487 e. The van der Waals surface area contributed by atoms with Crippen LogP contribution < -0.4 is 20.6 Å². The van der Waals surface area contributed by atoms with Crippen LogP contribution in [-0.2, 0) is 35.2 Å². The molecule has 5 aromatic rings. The zero-order valence-corrected chi connectivity index (χ0v) is 36.4. The number of anilines is 1. The number of aryl methyl sites for hydroxylation is 1. The number of nitrogens with one attached hydrogen (secondary N) is 1. The van der Waals surface area contributed by atoms with Crippen LogP contribution in [0.15, 0.2) is 77.7 Å². The summed E-state index contributed by atoms with van der Waals surface area (Å²) in [5, 5.41) is 2.96. The van der Waals surface area contributed by atoms with Crippen molar-refractivity contribution in [1.82, 2.24) is 39.1 Å². The van der Waals surface area contributed by atoms with Crippen LogP contribution in [-0.4, -0.2) is 110 Å². The number of likely N-dealkylation sites (tertiary alicyclic amines) is 2. The number of hydrogen-bond donors (Lipinski definition) is 1. The molecular formula is C47H53ClN10O4. The van der Waals surface area contributed by atoms with E-state index in [2.05, 4.69) is 66.8 Å². The SMILES string of the molecule is [C-]#[N+]c1cc(Cl)cc(C(C)(C)c2ccc(OCc3ccnc(N4CCN(C5CCN(C6CN(Cc7cccc8c7n(C)c(=O)n8C7CCC(=O)NC7=O)C6)CC5)CC4)n3)cc2)c1. The Labute approximate surface area is 366 Å². The number of nitrogens with zero attached hydrogens (tertiary/aromatic N) is 9. The Bertz CT molecular complexity index is 2580. The summed E-state index contributed by atoms with van der Waals surface area (Å²) >= 11 is 6.32. The molecule has 4 aliphatic rings. The van der Waals surface area contributed by atoms with Crippen LogP contribution in [0.25, 0.3) is 15.9 Å². The second kappa shape index (κ2) is 17.3. The van der Waals surface area contributed by atoms with E-state index in [0.29, 0.717) is 35.8 Å². The Morgan fingerprint density at radius 3 is 2.35 bits per heavy atom. The van der Waals surface area contributed by atoms with Gasteiger partial charge in [0.15, 0.2) is 5.69 Å². The molecule has 4 fully saturated rings. The molecule has 0 aliphatic carbocycles. The van der Waals surface area contributed by atoms with Gasteiger partial charge in [0, 0.05) is 101 Å². The van der Waals surface area contributed by atoms with E-state index in [0.717, 1.165) is 117 Å². The highest BCUT2D eigenvalue weighted by molar-refractivity contribution is 6.31. The number of piperazine rings is 1. The van der Waals surface area contributed by atoms with Crippen molar-refractivity contribution in [3.8, 4) is 5.75 Å². The number of fused-ring (bicyclic) bond motifs is 1. The lowest BCUT2D eigenvalue weighted by atomic mass is 9.78. The Kier molecular flexibility index (Phi) is 11.6. The van der Waals surface area contributed by atoms with Gasteiger partial charge in [0.25, 0.3) is 0 Å². The highest BCUT2D eigenvalue weighted by atomic mass is 35.5. The highest BCUT2D eigenvalue weighted by Gasteiger charge is 2.37. The van der Waals surface area contributed by atoms with Crippen molar-refractivity contribution >= 4 is 46.1 Å². The summed E-state index contributed by atoms with van der Waals surface area (Å²) in [4.78, 5) is 61.0. The van der Waals surface area contributed by atoms with Gasteiger partial charge in [0.2, 0.25) is 17.8 Å². The van der Waals surface area contributed by atoms with Gasteiger partial charge in [0.05, 0.1) is 23.3 Å². The molecule has 3 aromatic carbocycles. The summed E-state index contributed by atoms with van der Waals surface area (Å²) in [5.41, 5.74) is 5.56. The largest absolute Gasteiger partial charge is 0.487 e. The smallest absolute Gasteiger partial charge is 0.329 e. The average Bonchev–Trinajstić information content (AvgIpc) is 3.53. The van der Waals surface area contributed by atoms with Crippen LogP contribution in [0.2, 0.25) is 5.02 Å². The third-order valence-electron chi connectivity index (χ3n) is 13.6. The first-order valence-electron chi connectivity index (χ1n) is 21.7. The molecule has 14 nitrogen and oxygen atoms in total. The standard InChI is InChI=1S/C47H53ClN10O4/c1-47(2,33-24-34(48)26-36(25-33)49-3)32-8-10-39(11-9-32)62-30-35-14-17-50-45(51-35)57-22-20-56(21-23-57)37-15-18-55(19-16-37)38-28-54(29-38)27-31-6-5-7-40-43(31)53(4)46(61)58(40)41-12-13-42(59)52-44(41)60/h5-11,14,17,24-26,37-38,41H,12-13,15-16,18-23,27-30H2,1-2,4H3,(H,52,59,60). The van der Waals surface area contributed by atoms with E-state index in [1.165, 1.54) is 0 Å². The quantitative estimate of drug-likeness (QED) is 0.131. The van der Waals surface area contributed by atoms with Crippen molar-refractivity contribution in [3.63, 3.8) is 0 Å².